The highest BCUT2D eigenvalue weighted by atomic mass is 19.4. The second-order valence-electron chi connectivity index (χ2n) is 0.921. The maximum absolute atomic E-state index is 10.8. The zero-order valence-electron chi connectivity index (χ0n) is 3.25. The third kappa shape index (κ3) is 2.08. The zero-order chi connectivity index (χ0) is 6.08. The average Bonchev–Trinajstić information content (AvgIpc) is 1.31. The molecule has 0 aromatic carbocycles. The minimum absolute atomic E-state index is 2.01. The molecule has 0 aliphatic rings. The van der Waals surface area contributed by atoms with Crippen LogP contribution in [0.5, 0.6) is 0 Å². The normalized spacial score (nSPS) is 11.3. The number of carbonyl (C=O) groups is 1. The molecule has 0 aliphatic carbocycles. The van der Waals surface area contributed by atoms with E-state index in [2.05, 4.69) is 6.92 Å². The summed E-state index contributed by atoms with van der Waals surface area (Å²) in [5.41, 5.74) is 0. The number of hydrogen-bond acceptors (Lipinski definition) is 1. The number of Topliss-reactive ketones (excluding diaryl/α,β-unsaturated/α-hetero) is 1. The predicted octanol–water partition coefficient (Wildman–Crippen LogP) is 0.952. The third-order valence-electron chi connectivity index (χ3n) is 0.316. The van der Waals surface area contributed by atoms with Crippen LogP contribution in [0.4, 0.5) is 13.2 Å². The SMILES string of the molecule is [CH2+]C(=O)C(F)(F)F. The first-order valence-electron chi connectivity index (χ1n) is 1.37. The van der Waals surface area contributed by atoms with Gasteiger partial charge in [0.2, 0.25) is 0 Å². The van der Waals surface area contributed by atoms with E-state index in [1.165, 1.54) is 0 Å². The molecule has 0 unspecified atom stereocenters. The Morgan fingerprint density at radius 1 is 1.43 bits per heavy atom. The Kier molecular flexibility index (Phi) is 1.30. The van der Waals surface area contributed by atoms with Gasteiger partial charge in [0, 0.05) is 0 Å². The highest BCUT2D eigenvalue weighted by Gasteiger charge is 2.40. The summed E-state index contributed by atoms with van der Waals surface area (Å²) in [6.07, 6.45) is -4.75. The van der Waals surface area contributed by atoms with Crippen LogP contribution >= 0.6 is 0 Å². The summed E-state index contributed by atoms with van der Waals surface area (Å²) in [5.74, 6) is -2.01. The van der Waals surface area contributed by atoms with Gasteiger partial charge in [-0.2, -0.15) is 13.2 Å². The van der Waals surface area contributed by atoms with E-state index in [0.717, 1.165) is 0 Å². The molecule has 0 aromatic heterocycles. The van der Waals surface area contributed by atoms with Crippen LogP contribution in [-0.2, 0) is 4.79 Å². The fourth-order valence-electron chi connectivity index (χ4n) is 0. The summed E-state index contributed by atoms with van der Waals surface area (Å²) in [4.78, 5) is 9.23. The maximum atomic E-state index is 10.8. The zero-order valence-corrected chi connectivity index (χ0v) is 3.25. The van der Waals surface area contributed by atoms with Gasteiger partial charge in [0.15, 0.2) is 0 Å². The van der Waals surface area contributed by atoms with Crippen molar-refractivity contribution in [3.63, 3.8) is 0 Å². The van der Waals surface area contributed by atoms with Crippen molar-refractivity contribution >= 4 is 5.78 Å². The molecule has 7 heavy (non-hydrogen) atoms. The fourth-order valence-corrected chi connectivity index (χ4v) is 0. The second kappa shape index (κ2) is 1.44. The Bertz CT molecular complexity index is 82.7. The van der Waals surface area contributed by atoms with Crippen molar-refractivity contribution in [2.45, 2.75) is 6.18 Å². The fraction of sp³-hybridized carbons (Fsp3) is 0.333. The summed E-state index contributed by atoms with van der Waals surface area (Å²) in [7, 11) is 0. The van der Waals surface area contributed by atoms with Gasteiger partial charge in [-0.25, -0.2) is 4.79 Å². The molecule has 0 atom stereocenters. The van der Waals surface area contributed by atoms with E-state index < -0.39 is 12.0 Å². The Morgan fingerprint density at radius 3 is 1.57 bits per heavy atom. The van der Waals surface area contributed by atoms with E-state index in [1.807, 2.05) is 0 Å². The van der Waals surface area contributed by atoms with Gasteiger partial charge in [0.05, 0.1) is 0 Å². The quantitative estimate of drug-likeness (QED) is 0.425. The number of ketones is 1. The van der Waals surface area contributed by atoms with E-state index in [0.29, 0.717) is 0 Å². The van der Waals surface area contributed by atoms with Gasteiger partial charge in [-0.3, -0.25) is 0 Å². The van der Waals surface area contributed by atoms with Gasteiger partial charge in [-0.1, -0.05) is 0 Å². The van der Waals surface area contributed by atoms with Crippen molar-refractivity contribution in [3.8, 4) is 0 Å². The molecule has 0 heterocycles. The van der Waals surface area contributed by atoms with Crippen LogP contribution in [0.3, 0.4) is 0 Å². The molecule has 0 fully saturated rings. The van der Waals surface area contributed by atoms with Crippen molar-refractivity contribution in [1.82, 2.24) is 0 Å². The van der Waals surface area contributed by atoms with Crippen LogP contribution < -0.4 is 0 Å². The Balaban J connectivity index is 3.79. The Morgan fingerprint density at radius 2 is 1.57 bits per heavy atom. The molecular formula is C3H2F3O+. The molecule has 0 aromatic rings. The van der Waals surface area contributed by atoms with Crippen LogP contribution in [0.1, 0.15) is 0 Å². The smallest absolute Gasteiger partial charge is 0.233 e. The first-order valence-corrected chi connectivity index (χ1v) is 1.37. The topological polar surface area (TPSA) is 17.1 Å². The molecule has 0 rings (SSSR count). The molecular weight excluding hydrogens is 109 g/mol. The van der Waals surface area contributed by atoms with Gasteiger partial charge < -0.3 is 0 Å². The Hall–Kier alpha value is -0.670. The van der Waals surface area contributed by atoms with Crippen LogP contribution in [0.2, 0.25) is 0 Å². The number of carbonyl (C=O) groups excluding carboxylic acids is 1. The van der Waals surface area contributed by atoms with Crippen LogP contribution in [-0.4, -0.2) is 12.0 Å². The van der Waals surface area contributed by atoms with Crippen molar-refractivity contribution in [2.24, 2.45) is 0 Å². The first-order chi connectivity index (χ1) is 2.94. The molecule has 4 heteroatoms. The van der Waals surface area contributed by atoms with Gasteiger partial charge in [0.25, 0.3) is 0 Å². The second-order valence-corrected chi connectivity index (χ2v) is 0.921. The highest BCUT2D eigenvalue weighted by molar-refractivity contribution is 5.87. The molecule has 0 saturated heterocycles. The average molecular weight is 111 g/mol. The summed E-state index contributed by atoms with van der Waals surface area (Å²) in [6, 6.07) is 0. The number of alkyl halides is 3. The minimum atomic E-state index is -4.75. The monoisotopic (exact) mass is 111 g/mol. The number of hydrogen-bond donors (Lipinski definition) is 0. The summed E-state index contributed by atoms with van der Waals surface area (Å²) in [6.45, 7) is 2.15. The van der Waals surface area contributed by atoms with Crippen LogP contribution in [0.25, 0.3) is 0 Å². The minimum Gasteiger partial charge on any atom is -0.233 e. The van der Waals surface area contributed by atoms with Crippen molar-refractivity contribution in [3.05, 3.63) is 6.92 Å². The molecule has 1 nitrogen and oxygen atoms in total. The van der Waals surface area contributed by atoms with Crippen LogP contribution in [0, 0.1) is 6.92 Å². The van der Waals surface area contributed by atoms with E-state index in [-0.39, 0.29) is 0 Å². The molecule has 0 bridgehead atoms. The first kappa shape index (κ1) is 6.33. The standard InChI is InChI=1S/C3H2F3O/c1-2(7)3(4,5)6/h1H2/q+1. The van der Waals surface area contributed by atoms with E-state index in [1.54, 1.807) is 0 Å². The third-order valence-corrected chi connectivity index (χ3v) is 0.316. The van der Waals surface area contributed by atoms with Crippen molar-refractivity contribution in [1.29, 1.82) is 0 Å². The van der Waals surface area contributed by atoms with Crippen LogP contribution in [0.15, 0.2) is 0 Å². The Labute approximate surface area is 38.1 Å². The van der Waals surface area contributed by atoms with Gasteiger partial charge >= 0.3 is 12.0 Å². The molecule has 0 amide bonds. The lowest BCUT2D eigenvalue weighted by atomic mass is 10.5. The lowest BCUT2D eigenvalue weighted by Crippen LogP contribution is -2.18. The van der Waals surface area contributed by atoms with Gasteiger partial charge in [-0.05, 0) is 0 Å². The van der Waals surface area contributed by atoms with E-state index in [9.17, 15) is 18.0 Å². The molecule has 40 valence electrons. The van der Waals surface area contributed by atoms with E-state index in [4.69, 9.17) is 0 Å². The van der Waals surface area contributed by atoms with Crippen molar-refractivity contribution < 1.29 is 18.0 Å². The van der Waals surface area contributed by atoms with Gasteiger partial charge in [-0.15, -0.1) is 0 Å². The number of rotatable bonds is 0. The van der Waals surface area contributed by atoms with Gasteiger partial charge in [0.1, 0.15) is 6.92 Å². The lowest BCUT2D eigenvalue weighted by Gasteiger charge is -1.89. The molecule has 0 N–H and O–H groups in total. The molecule has 0 aliphatic heterocycles. The highest BCUT2D eigenvalue weighted by Crippen LogP contribution is 2.14. The summed E-state index contributed by atoms with van der Waals surface area (Å²) in [5, 5.41) is 0. The summed E-state index contributed by atoms with van der Waals surface area (Å²) >= 11 is 0. The van der Waals surface area contributed by atoms with Crippen molar-refractivity contribution in [2.75, 3.05) is 0 Å². The maximum Gasteiger partial charge on any atom is 0.497 e. The summed E-state index contributed by atoms with van der Waals surface area (Å²) < 4.78 is 32.3. The lowest BCUT2D eigenvalue weighted by molar-refractivity contribution is -0.165. The number of halogens is 3. The molecule has 0 radical (unpaired) electrons. The largest absolute Gasteiger partial charge is 0.497 e. The van der Waals surface area contributed by atoms with E-state index >= 15 is 0 Å². The molecule has 0 spiro atoms. The predicted molar refractivity (Wildman–Crippen MR) is 16.4 cm³/mol. The molecule has 0 saturated carbocycles.